The van der Waals surface area contributed by atoms with Crippen LogP contribution in [0.3, 0.4) is 0 Å². The van der Waals surface area contributed by atoms with Gasteiger partial charge in [-0.3, -0.25) is 0 Å². The normalized spacial score (nSPS) is 17.9. The van der Waals surface area contributed by atoms with E-state index in [1.807, 2.05) is 6.07 Å². The van der Waals surface area contributed by atoms with Crippen molar-refractivity contribution < 1.29 is 4.74 Å². The molecular formula is C15H21NO. The van der Waals surface area contributed by atoms with E-state index in [0.29, 0.717) is 0 Å². The smallest absolute Gasteiger partial charge is 0.104 e. The Morgan fingerprint density at radius 3 is 2.53 bits per heavy atom. The zero-order valence-electron chi connectivity index (χ0n) is 10.6. The summed E-state index contributed by atoms with van der Waals surface area (Å²) in [5, 5.41) is 3.34. The van der Waals surface area contributed by atoms with Crippen molar-refractivity contribution >= 4 is 0 Å². The first-order valence-electron chi connectivity index (χ1n) is 6.37. The SMILES string of the molecule is CC(C)OC(C1=CCNCC1)c1ccccc1. The Bertz CT molecular complexity index is 370. The van der Waals surface area contributed by atoms with Gasteiger partial charge in [-0.1, -0.05) is 36.4 Å². The van der Waals surface area contributed by atoms with Crippen LogP contribution < -0.4 is 5.32 Å². The minimum atomic E-state index is 0.123. The van der Waals surface area contributed by atoms with E-state index < -0.39 is 0 Å². The van der Waals surface area contributed by atoms with Crippen molar-refractivity contribution in [1.82, 2.24) is 5.32 Å². The van der Waals surface area contributed by atoms with Crippen molar-refractivity contribution in [3.63, 3.8) is 0 Å². The molecule has 1 aliphatic rings. The summed E-state index contributed by atoms with van der Waals surface area (Å²) >= 11 is 0. The molecule has 0 radical (unpaired) electrons. The van der Waals surface area contributed by atoms with Gasteiger partial charge in [-0.2, -0.15) is 0 Å². The third-order valence-corrected chi connectivity index (χ3v) is 2.95. The Morgan fingerprint density at radius 1 is 1.18 bits per heavy atom. The van der Waals surface area contributed by atoms with Crippen molar-refractivity contribution in [1.29, 1.82) is 0 Å². The number of benzene rings is 1. The first-order chi connectivity index (χ1) is 8.27. The van der Waals surface area contributed by atoms with E-state index in [1.165, 1.54) is 11.1 Å². The van der Waals surface area contributed by atoms with Crippen molar-refractivity contribution in [2.24, 2.45) is 0 Å². The highest BCUT2D eigenvalue weighted by Crippen LogP contribution is 2.29. The lowest BCUT2D eigenvalue weighted by atomic mass is 9.96. The van der Waals surface area contributed by atoms with Gasteiger partial charge >= 0.3 is 0 Å². The van der Waals surface area contributed by atoms with Crippen LogP contribution in [0.1, 0.15) is 31.9 Å². The number of hydrogen-bond acceptors (Lipinski definition) is 2. The average Bonchev–Trinajstić information content (AvgIpc) is 2.38. The summed E-state index contributed by atoms with van der Waals surface area (Å²) in [5.74, 6) is 0. The van der Waals surface area contributed by atoms with Crippen LogP contribution in [0.15, 0.2) is 42.0 Å². The van der Waals surface area contributed by atoms with E-state index in [1.54, 1.807) is 0 Å². The molecule has 0 bridgehead atoms. The zero-order chi connectivity index (χ0) is 12.1. The predicted molar refractivity (Wildman–Crippen MR) is 71.0 cm³/mol. The maximum absolute atomic E-state index is 6.08. The topological polar surface area (TPSA) is 21.3 Å². The van der Waals surface area contributed by atoms with Crippen molar-refractivity contribution in [2.45, 2.75) is 32.5 Å². The number of hydrogen-bond donors (Lipinski definition) is 1. The van der Waals surface area contributed by atoms with Crippen LogP contribution in [0.25, 0.3) is 0 Å². The third kappa shape index (κ3) is 3.42. The van der Waals surface area contributed by atoms with E-state index in [-0.39, 0.29) is 12.2 Å². The lowest BCUT2D eigenvalue weighted by Crippen LogP contribution is -2.24. The molecule has 0 aromatic heterocycles. The van der Waals surface area contributed by atoms with Gasteiger partial charge in [0.1, 0.15) is 6.10 Å². The van der Waals surface area contributed by atoms with Crippen LogP contribution >= 0.6 is 0 Å². The Balaban J connectivity index is 2.21. The summed E-state index contributed by atoms with van der Waals surface area (Å²) in [6.07, 6.45) is 3.71. The second-order valence-corrected chi connectivity index (χ2v) is 4.71. The summed E-state index contributed by atoms with van der Waals surface area (Å²) < 4.78 is 6.08. The Hall–Kier alpha value is -1.12. The van der Waals surface area contributed by atoms with Crippen molar-refractivity contribution in [3.05, 3.63) is 47.5 Å². The number of ether oxygens (including phenoxy) is 1. The van der Waals surface area contributed by atoms with Crippen LogP contribution in [0.2, 0.25) is 0 Å². The molecule has 2 rings (SSSR count). The second-order valence-electron chi connectivity index (χ2n) is 4.71. The Morgan fingerprint density at radius 2 is 1.94 bits per heavy atom. The molecule has 1 aromatic rings. The van der Waals surface area contributed by atoms with Gasteiger partial charge in [0.05, 0.1) is 6.10 Å². The van der Waals surface area contributed by atoms with Gasteiger partial charge in [-0.05, 0) is 37.9 Å². The molecule has 1 aromatic carbocycles. The number of nitrogens with one attached hydrogen (secondary N) is 1. The van der Waals surface area contributed by atoms with Crippen LogP contribution in [-0.2, 0) is 4.74 Å². The maximum atomic E-state index is 6.08. The quantitative estimate of drug-likeness (QED) is 0.804. The van der Waals surface area contributed by atoms with Gasteiger partial charge in [-0.15, -0.1) is 0 Å². The molecule has 1 heterocycles. The summed E-state index contributed by atoms with van der Waals surface area (Å²) in [6, 6.07) is 10.5. The first kappa shape index (κ1) is 12.3. The fourth-order valence-corrected chi connectivity index (χ4v) is 2.16. The molecule has 1 atom stereocenters. The van der Waals surface area contributed by atoms with Crippen LogP contribution in [-0.4, -0.2) is 19.2 Å². The minimum Gasteiger partial charge on any atom is -0.366 e. The fourth-order valence-electron chi connectivity index (χ4n) is 2.16. The highest BCUT2D eigenvalue weighted by atomic mass is 16.5. The van der Waals surface area contributed by atoms with E-state index in [0.717, 1.165) is 19.5 Å². The summed E-state index contributed by atoms with van der Waals surface area (Å²) in [5.41, 5.74) is 2.66. The van der Waals surface area contributed by atoms with Gasteiger partial charge in [0, 0.05) is 6.54 Å². The summed E-state index contributed by atoms with van der Waals surface area (Å²) in [7, 11) is 0. The van der Waals surface area contributed by atoms with Crippen LogP contribution in [0, 0.1) is 0 Å². The van der Waals surface area contributed by atoms with Gasteiger partial charge in [0.2, 0.25) is 0 Å². The zero-order valence-corrected chi connectivity index (χ0v) is 10.6. The number of rotatable bonds is 4. The molecule has 0 saturated carbocycles. The van der Waals surface area contributed by atoms with Crippen LogP contribution in [0.4, 0.5) is 0 Å². The lowest BCUT2D eigenvalue weighted by Gasteiger charge is -2.26. The predicted octanol–water partition coefficient (Wildman–Crippen LogP) is 3.07. The molecule has 2 nitrogen and oxygen atoms in total. The molecule has 0 fully saturated rings. The molecule has 1 N–H and O–H groups in total. The van der Waals surface area contributed by atoms with E-state index in [2.05, 4.69) is 49.5 Å². The molecule has 0 saturated heterocycles. The largest absolute Gasteiger partial charge is 0.366 e. The molecule has 2 heteroatoms. The monoisotopic (exact) mass is 231 g/mol. The molecule has 0 spiro atoms. The van der Waals surface area contributed by atoms with E-state index in [4.69, 9.17) is 4.74 Å². The molecule has 92 valence electrons. The lowest BCUT2D eigenvalue weighted by molar-refractivity contribution is 0.0256. The molecule has 0 amide bonds. The molecular weight excluding hydrogens is 210 g/mol. The highest BCUT2D eigenvalue weighted by molar-refractivity contribution is 5.27. The Kier molecular flexibility index (Phi) is 4.35. The molecule has 1 aliphatic heterocycles. The molecule has 1 unspecified atom stereocenters. The maximum Gasteiger partial charge on any atom is 0.104 e. The van der Waals surface area contributed by atoms with Gasteiger partial charge in [0.15, 0.2) is 0 Å². The first-order valence-corrected chi connectivity index (χ1v) is 6.37. The van der Waals surface area contributed by atoms with Gasteiger partial charge < -0.3 is 10.1 Å². The average molecular weight is 231 g/mol. The molecule has 0 aliphatic carbocycles. The second kappa shape index (κ2) is 5.99. The summed E-state index contributed by atoms with van der Waals surface area (Å²) in [4.78, 5) is 0. The minimum absolute atomic E-state index is 0.123. The van der Waals surface area contributed by atoms with E-state index in [9.17, 15) is 0 Å². The third-order valence-electron chi connectivity index (χ3n) is 2.95. The fraction of sp³-hybridized carbons (Fsp3) is 0.467. The summed E-state index contributed by atoms with van der Waals surface area (Å²) in [6.45, 7) is 6.20. The standard InChI is InChI=1S/C15H21NO/c1-12(2)17-15(13-6-4-3-5-7-13)14-8-10-16-11-9-14/h3-8,12,15-16H,9-11H2,1-2H3. The van der Waals surface area contributed by atoms with E-state index >= 15 is 0 Å². The van der Waals surface area contributed by atoms with Gasteiger partial charge in [0.25, 0.3) is 0 Å². The highest BCUT2D eigenvalue weighted by Gasteiger charge is 2.19. The Labute approximate surface area is 104 Å². The molecule has 17 heavy (non-hydrogen) atoms. The van der Waals surface area contributed by atoms with Crippen molar-refractivity contribution in [2.75, 3.05) is 13.1 Å². The van der Waals surface area contributed by atoms with Gasteiger partial charge in [-0.25, -0.2) is 0 Å². The van der Waals surface area contributed by atoms with Crippen LogP contribution in [0.5, 0.6) is 0 Å². The van der Waals surface area contributed by atoms with Crippen molar-refractivity contribution in [3.8, 4) is 0 Å².